The molecule has 0 spiro atoms. The maximum Gasteiger partial charge on any atom is 0.120 e. The first-order chi connectivity index (χ1) is 8.83. The fraction of sp³-hybridized carbons (Fsp3) is 0.125. The number of para-hydroxylation sites is 1. The SMILES string of the molecule is C=CCNC(c1ccccc1)c1ccccc1O. The first kappa shape index (κ1) is 12.4. The second-order valence-corrected chi connectivity index (χ2v) is 4.10. The zero-order valence-corrected chi connectivity index (χ0v) is 10.2. The van der Waals surface area contributed by atoms with E-state index in [1.165, 1.54) is 0 Å². The Morgan fingerprint density at radius 2 is 1.72 bits per heavy atom. The van der Waals surface area contributed by atoms with Crippen molar-refractivity contribution in [1.29, 1.82) is 0 Å². The topological polar surface area (TPSA) is 32.3 Å². The summed E-state index contributed by atoms with van der Waals surface area (Å²) in [5.41, 5.74) is 2.01. The summed E-state index contributed by atoms with van der Waals surface area (Å²) in [6, 6.07) is 17.5. The number of benzene rings is 2. The Morgan fingerprint density at radius 3 is 2.39 bits per heavy atom. The van der Waals surface area contributed by atoms with E-state index < -0.39 is 0 Å². The van der Waals surface area contributed by atoms with Crippen LogP contribution in [-0.2, 0) is 0 Å². The van der Waals surface area contributed by atoms with E-state index in [9.17, 15) is 5.11 Å². The van der Waals surface area contributed by atoms with E-state index in [4.69, 9.17) is 0 Å². The average Bonchev–Trinajstić information content (AvgIpc) is 2.42. The van der Waals surface area contributed by atoms with Crippen LogP contribution < -0.4 is 5.32 Å². The second kappa shape index (κ2) is 6.03. The molecule has 1 atom stereocenters. The zero-order chi connectivity index (χ0) is 12.8. The molecule has 0 saturated heterocycles. The van der Waals surface area contributed by atoms with Crippen molar-refractivity contribution in [3.63, 3.8) is 0 Å². The molecule has 0 aliphatic carbocycles. The first-order valence-corrected chi connectivity index (χ1v) is 6.00. The Labute approximate surface area is 108 Å². The third kappa shape index (κ3) is 2.79. The van der Waals surface area contributed by atoms with Gasteiger partial charge in [0.1, 0.15) is 5.75 Å². The first-order valence-electron chi connectivity index (χ1n) is 6.00. The Balaban J connectivity index is 2.37. The summed E-state index contributed by atoms with van der Waals surface area (Å²) in [5.74, 6) is 0.308. The summed E-state index contributed by atoms with van der Waals surface area (Å²) in [6.07, 6.45) is 1.82. The highest BCUT2D eigenvalue weighted by atomic mass is 16.3. The molecule has 0 bridgehead atoms. The van der Waals surface area contributed by atoms with Gasteiger partial charge in [0.25, 0.3) is 0 Å². The van der Waals surface area contributed by atoms with E-state index in [-0.39, 0.29) is 6.04 Å². The van der Waals surface area contributed by atoms with Gasteiger partial charge in [0, 0.05) is 12.1 Å². The molecule has 0 heterocycles. The van der Waals surface area contributed by atoms with E-state index in [0.717, 1.165) is 11.1 Å². The number of nitrogens with one attached hydrogen (secondary N) is 1. The molecule has 92 valence electrons. The van der Waals surface area contributed by atoms with Crippen molar-refractivity contribution in [2.75, 3.05) is 6.54 Å². The number of aromatic hydroxyl groups is 1. The maximum absolute atomic E-state index is 9.98. The van der Waals surface area contributed by atoms with Crippen LogP contribution in [0.3, 0.4) is 0 Å². The van der Waals surface area contributed by atoms with Crippen LogP contribution in [0.2, 0.25) is 0 Å². The van der Waals surface area contributed by atoms with Crippen molar-refractivity contribution in [3.8, 4) is 5.75 Å². The molecule has 0 aliphatic heterocycles. The van der Waals surface area contributed by atoms with Gasteiger partial charge in [-0.15, -0.1) is 6.58 Å². The van der Waals surface area contributed by atoms with Crippen molar-refractivity contribution in [3.05, 3.63) is 78.4 Å². The molecule has 2 aromatic carbocycles. The van der Waals surface area contributed by atoms with E-state index in [1.807, 2.05) is 54.6 Å². The lowest BCUT2D eigenvalue weighted by atomic mass is 9.98. The molecular weight excluding hydrogens is 222 g/mol. The van der Waals surface area contributed by atoms with Crippen molar-refractivity contribution < 1.29 is 5.11 Å². The van der Waals surface area contributed by atoms with Crippen LogP contribution in [0.4, 0.5) is 0 Å². The molecule has 0 aromatic heterocycles. The van der Waals surface area contributed by atoms with Gasteiger partial charge in [-0.25, -0.2) is 0 Å². The Hall–Kier alpha value is -2.06. The van der Waals surface area contributed by atoms with Gasteiger partial charge >= 0.3 is 0 Å². The lowest BCUT2D eigenvalue weighted by molar-refractivity contribution is 0.459. The summed E-state index contributed by atoms with van der Waals surface area (Å²) in [5, 5.41) is 13.3. The largest absolute Gasteiger partial charge is 0.508 e. The van der Waals surface area contributed by atoms with Gasteiger partial charge in [0.15, 0.2) is 0 Å². The standard InChI is InChI=1S/C16H17NO/c1-2-12-17-16(13-8-4-3-5-9-13)14-10-6-7-11-15(14)18/h2-11,16-18H,1,12H2. The molecule has 0 fully saturated rings. The molecule has 0 saturated carbocycles. The highest BCUT2D eigenvalue weighted by Gasteiger charge is 2.15. The van der Waals surface area contributed by atoms with Crippen LogP contribution in [0.15, 0.2) is 67.3 Å². The monoisotopic (exact) mass is 239 g/mol. The van der Waals surface area contributed by atoms with Crippen molar-refractivity contribution in [2.24, 2.45) is 0 Å². The fourth-order valence-electron chi connectivity index (χ4n) is 1.99. The van der Waals surface area contributed by atoms with Gasteiger partial charge in [-0.3, -0.25) is 0 Å². The summed E-state index contributed by atoms with van der Waals surface area (Å²) < 4.78 is 0. The van der Waals surface area contributed by atoms with Crippen molar-refractivity contribution >= 4 is 0 Å². The lowest BCUT2D eigenvalue weighted by Crippen LogP contribution is -2.22. The molecule has 0 radical (unpaired) electrons. The minimum Gasteiger partial charge on any atom is -0.508 e. The highest BCUT2D eigenvalue weighted by molar-refractivity contribution is 5.40. The zero-order valence-electron chi connectivity index (χ0n) is 10.2. The summed E-state index contributed by atoms with van der Waals surface area (Å²) in [7, 11) is 0. The van der Waals surface area contributed by atoms with E-state index in [2.05, 4.69) is 11.9 Å². The van der Waals surface area contributed by atoms with E-state index in [1.54, 1.807) is 6.07 Å². The normalized spacial score (nSPS) is 12.0. The summed E-state index contributed by atoms with van der Waals surface area (Å²) in [4.78, 5) is 0. The third-order valence-corrected chi connectivity index (χ3v) is 2.85. The average molecular weight is 239 g/mol. The quantitative estimate of drug-likeness (QED) is 0.785. The van der Waals surface area contributed by atoms with Gasteiger partial charge in [-0.05, 0) is 11.6 Å². The minimum atomic E-state index is -0.0228. The molecule has 2 aromatic rings. The molecule has 0 aliphatic rings. The van der Waals surface area contributed by atoms with Crippen LogP contribution in [0.1, 0.15) is 17.2 Å². The predicted octanol–water partition coefficient (Wildman–Crippen LogP) is 3.26. The van der Waals surface area contributed by atoms with Crippen LogP contribution in [0.5, 0.6) is 5.75 Å². The molecule has 2 N–H and O–H groups in total. The van der Waals surface area contributed by atoms with Gasteiger partial charge in [0.05, 0.1) is 6.04 Å². The summed E-state index contributed by atoms with van der Waals surface area (Å²) >= 11 is 0. The molecule has 2 rings (SSSR count). The number of rotatable bonds is 5. The van der Waals surface area contributed by atoms with Gasteiger partial charge in [-0.1, -0.05) is 54.6 Å². The lowest BCUT2D eigenvalue weighted by Gasteiger charge is -2.20. The number of hydrogen-bond acceptors (Lipinski definition) is 2. The predicted molar refractivity (Wildman–Crippen MR) is 74.6 cm³/mol. The molecule has 1 unspecified atom stereocenters. The molecule has 2 heteroatoms. The van der Waals surface area contributed by atoms with Gasteiger partial charge < -0.3 is 10.4 Å². The molecular formula is C16H17NO. The van der Waals surface area contributed by atoms with E-state index >= 15 is 0 Å². The molecule has 18 heavy (non-hydrogen) atoms. The third-order valence-electron chi connectivity index (χ3n) is 2.85. The summed E-state index contributed by atoms with van der Waals surface area (Å²) in [6.45, 7) is 4.41. The van der Waals surface area contributed by atoms with Crippen LogP contribution in [-0.4, -0.2) is 11.7 Å². The fourth-order valence-corrected chi connectivity index (χ4v) is 1.99. The maximum atomic E-state index is 9.98. The number of phenols is 1. The van der Waals surface area contributed by atoms with Gasteiger partial charge in [0.2, 0.25) is 0 Å². The second-order valence-electron chi connectivity index (χ2n) is 4.10. The van der Waals surface area contributed by atoms with Crippen LogP contribution in [0.25, 0.3) is 0 Å². The number of phenolic OH excluding ortho intramolecular Hbond substituents is 1. The Morgan fingerprint density at radius 1 is 1.06 bits per heavy atom. The highest BCUT2D eigenvalue weighted by Crippen LogP contribution is 2.28. The Bertz CT molecular complexity index is 508. The number of hydrogen-bond donors (Lipinski definition) is 2. The van der Waals surface area contributed by atoms with E-state index in [0.29, 0.717) is 12.3 Å². The van der Waals surface area contributed by atoms with Gasteiger partial charge in [-0.2, -0.15) is 0 Å². The Kier molecular flexibility index (Phi) is 4.15. The smallest absolute Gasteiger partial charge is 0.120 e. The van der Waals surface area contributed by atoms with Crippen LogP contribution >= 0.6 is 0 Å². The molecule has 2 nitrogen and oxygen atoms in total. The van der Waals surface area contributed by atoms with Crippen LogP contribution in [0, 0.1) is 0 Å². The minimum absolute atomic E-state index is 0.0228. The van der Waals surface area contributed by atoms with Crippen molar-refractivity contribution in [1.82, 2.24) is 5.32 Å². The van der Waals surface area contributed by atoms with Crippen molar-refractivity contribution in [2.45, 2.75) is 6.04 Å². The molecule has 0 amide bonds.